The first-order valence-electron chi connectivity index (χ1n) is 5.61. The van der Waals surface area contributed by atoms with Crippen molar-refractivity contribution in [1.82, 2.24) is 9.78 Å². The molecule has 4 nitrogen and oxygen atoms in total. The highest BCUT2D eigenvalue weighted by molar-refractivity contribution is 5.98. The Labute approximate surface area is 95.6 Å². The third-order valence-electron chi connectivity index (χ3n) is 2.45. The third kappa shape index (κ3) is 3.02. The number of hydrogen-bond donors (Lipinski definition) is 0. The van der Waals surface area contributed by atoms with Gasteiger partial charge in [0.05, 0.1) is 0 Å². The predicted octanol–water partition coefficient (Wildman–Crippen LogP) is 2.09. The summed E-state index contributed by atoms with van der Waals surface area (Å²) in [5.41, 5.74) is 0.607. The van der Waals surface area contributed by atoms with Crippen LogP contribution in [0.5, 0.6) is 0 Å². The second-order valence-corrected chi connectivity index (χ2v) is 4.11. The Hall–Kier alpha value is -1.45. The Kier molecular flexibility index (Phi) is 4.40. The average Bonchev–Trinajstić information content (AvgIpc) is 2.64. The van der Waals surface area contributed by atoms with Gasteiger partial charge in [-0.15, -0.1) is 0 Å². The second-order valence-electron chi connectivity index (χ2n) is 4.11. The number of rotatable bonds is 6. The molecule has 0 aliphatic carbocycles. The van der Waals surface area contributed by atoms with E-state index in [1.165, 1.54) is 6.92 Å². The summed E-state index contributed by atoms with van der Waals surface area (Å²) in [6.45, 7) is 6.07. The lowest BCUT2D eigenvalue weighted by Crippen LogP contribution is -2.18. The molecule has 0 radical (unpaired) electrons. The summed E-state index contributed by atoms with van der Waals surface area (Å²) in [5, 5.41) is 4.10. The van der Waals surface area contributed by atoms with Crippen molar-refractivity contribution < 1.29 is 9.59 Å². The fourth-order valence-corrected chi connectivity index (χ4v) is 1.71. The van der Waals surface area contributed by atoms with Gasteiger partial charge in [-0.25, -0.2) is 0 Å². The van der Waals surface area contributed by atoms with Crippen LogP contribution in [0.3, 0.4) is 0 Å². The molecular formula is C12H18N2O2. The van der Waals surface area contributed by atoms with Gasteiger partial charge in [-0.3, -0.25) is 9.48 Å². The van der Waals surface area contributed by atoms with Crippen LogP contribution in [-0.2, 0) is 11.3 Å². The summed E-state index contributed by atoms with van der Waals surface area (Å²) >= 11 is 0. The van der Waals surface area contributed by atoms with Crippen LogP contribution in [0.25, 0.3) is 0 Å². The van der Waals surface area contributed by atoms with Gasteiger partial charge in [0.1, 0.15) is 11.5 Å². The SMILES string of the molecule is CCCn1nccc1C(=O)C(C)CC(C)=O. The molecule has 0 saturated carbocycles. The molecule has 1 aromatic heterocycles. The number of nitrogens with zero attached hydrogens (tertiary/aromatic N) is 2. The van der Waals surface area contributed by atoms with Gasteiger partial charge >= 0.3 is 0 Å². The van der Waals surface area contributed by atoms with Crippen LogP contribution in [0.2, 0.25) is 0 Å². The third-order valence-corrected chi connectivity index (χ3v) is 2.45. The first-order chi connectivity index (χ1) is 7.56. The van der Waals surface area contributed by atoms with E-state index < -0.39 is 0 Å². The maximum Gasteiger partial charge on any atom is 0.184 e. The van der Waals surface area contributed by atoms with Gasteiger partial charge < -0.3 is 4.79 Å². The van der Waals surface area contributed by atoms with E-state index in [0.29, 0.717) is 12.1 Å². The Morgan fingerprint density at radius 2 is 2.19 bits per heavy atom. The molecule has 0 aliphatic rings. The largest absolute Gasteiger partial charge is 0.300 e. The van der Waals surface area contributed by atoms with Crippen molar-refractivity contribution in [3.8, 4) is 0 Å². The fraction of sp³-hybridized carbons (Fsp3) is 0.583. The summed E-state index contributed by atoms with van der Waals surface area (Å²) in [4.78, 5) is 23.0. The van der Waals surface area contributed by atoms with Crippen molar-refractivity contribution in [2.75, 3.05) is 0 Å². The van der Waals surface area contributed by atoms with Crippen molar-refractivity contribution in [3.63, 3.8) is 0 Å². The molecule has 1 heterocycles. The number of aryl methyl sites for hydroxylation is 1. The van der Waals surface area contributed by atoms with Crippen LogP contribution in [-0.4, -0.2) is 21.3 Å². The topological polar surface area (TPSA) is 52.0 Å². The predicted molar refractivity (Wildman–Crippen MR) is 61.3 cm³/mol. The molecule has 16 heavy (non-hydrogen) atoms. The average molecular weight is 222 g/mol. The van der Waals surface area contributed by atoms with E-state index in [1.54, 1.807) is 23.9 Å². The molecule has 88 valence electrons. The molecule has 1 rings (SSSR count). The zero-order valence-corrected chi connectivity index (χ0v) is 10.1. The first-order valence-corrected chi connectivity index (χ1v) is 5.61. The summed E-state index contributed by atoms with van der Waals surface area (Å²) in [5.74, 6) is -0.214. The lowest BCUT2D eigenvalue weighted by Gasteiger charge is -2.10. The van der Waals surface area contributed by atoms with Crippen molar-refractivity contribution in [1.29, 1.82) is 0 Å². The van der Waals surface area contributed by atoms with E-state index in [4.69, 9.17) is 0 Å². The molecule has 1 aromatic rings. The monoisotopic (exact) mass is 222 g/mol. The molecule has 1 atom stereocenters. The van der Waals surface area contributed by atoms with E-state index in [1.807, 2.05) is 6.92 Å². The van der Waals surface area contributed by atoms with Crippen LogP contribution in [0.1, 0.15) is 44.1 Å². The van der Waals surface area contributed by atoms with E-state index in [-0.39, 0.29) is 17.5 Å². The van der Waals surface area contributed by atoms with Crippen LogP contribution >= 0.6 is 0 Å². The first kappa shape index (κ1) is 12.6. The Balaban J connectivity index is 2.79. The van der Waals surface area contributed by atoms with Gasteiger partial charge in [-0.05, 0) is 19.4 Å². The Morgan fingerprint density at radius 3 is 2.75 bits per heavy atom. The minimum atomic E-state index is -0.259. The van der Waals surface area contributed by atoms with Crippen molar-refractivity contribution in [2.45, 2.75) is 40.2 Å². The maximum absolute atomic E-state index is 12.0. The number of aromatic nitrogens is 2. The van der Waals surface area contributed by atoms with Crippen molar-refractivity contribution in [2.24, 2.45) is 5.92 Å². The quantitative estimate of drug-likeness (QED) is 0.692. The summed E-state index contributed by atoms with van der Waals surface area (Å²) < 4.78 is 1.71. The zero-order chi connectivity index (χ0) is 12.1. The number of ketones is 2. The van der Waals surface area contributed by atoms with Gasteiger partial charge in [0, 0.05) is 25.1 Å². The van der Waals surface area contributed by atoms with Crippen molar-refractivity contribution in [3.05, 3.63) is 18.0 Å². The standard InChI is InChI=1S/C12H18N2O2/c1-4-7-14-11(5-6-13-14)12(16)9(2)8-10(3)15/h5-6,9H,4,7-8H2,1-3H3. The highest BCUT2D eigenvalue weighted by atomic mass is 16.1. The molecule has 0 aliphatic heterocycles. The van der Waals surface area contributed by atoms with E-state index in [9.17, 15) is 9.59 Å². The smallest absolute Gasteiger partial charge is 0.184 e. The van der Waals surface area contributed by atoms with Crippen molar-refractivity contribution >= 4 is 11.6 Å². The summed E-state index contributed by atoms with van der Waals surface area (Å²) in [6.07, 6.45) is 2.86. The van der Waals surface area contributed by atoms with Gasteiger partial charge in [0.15, 0.2) is 5.78 Å². The molecule has 1 unspecified atom stereocenters. The van der Waals surface area contributed by atoms with Gasteiger partial charge in [-0.2, -0.15) is 5.10 Å². The second kappa shape index (κ2) is 5.58. The highest BCUT2D eigenvalue weighted by Crippen LogP contribution is 2.12. The molecule has 0 amide bonds. The highest BCUT2D eigenvalue weighted by Gasteiger charge is 2.19. The molecule has 4 heteroatoms. The molecule has 0 bridgehead atoms. The molecule has 0 spiro atoms. The lowest BCUT2D eigenvalue weighted by atomic mass is 9.98. The minimum absolute atomic E-state index is 0.00106. The molecule has 0 fully saturated rings. The number of hydrogen-bond acceptors (Lipinski definition) is 3. The summed E-state index contributed by atoms with van der Waals surface area (Å²) in [7, 11) is 0. The summed E-state index contributed by atoms with van der Waals surface area (Å²) in [6, 6.07) is 1.72. The lowest BCUT2D eigenvalue weighted by molar-refractivity contribution is -0.117. The molecular weight excluding hydrogens is 204 g/mol. The zero-order valence-electron chi connectivity index (χ0n) is 10.1. The number of Topliss-reactive ketones (excluding diaryl/α,β-unsaturated/α-hetero) is 2. The molecule has 0 N–H and O–H groups in total. The number of carbonyl (C=O) groups excluding carboxylic acids is 2. The molecule has 0 saturated heterocycles. The van der Waals surface area contributed by atoms with Gasteiger partial charge in [0.25, 0.3) is 0 Å². The minimum Gasteiger partial charge on any atom is -0.300 e. The van der Waals surface area contributed by atoms with Crippen LogP contribution in [0.15, 0.2) is 12.3 Å². The van der Waals surface area contributed by atoms with E-state index in [0.717, 1.165) is 13.0 Å². The van der Waals surface area contributed by atoms with Crippen LogP contribution < -0.4 is 0 Å². The molecule has 0 aromatic carbocycles. The van der Waals surface area contributed by atoms with Crippen LogP contribution in [0, 0.1) is 5.92 Å². The maximum atomic E-state index is 12.0. The normalized spacial score (nSPS) is 12.4. The van der Waals surface area contributed by atoms with E-state index in [2.05, 4.69) is 5.10 Å². The Bertz CT molecular complexity index is 382. The number of carbonyl (C=O) groups is 2. The fourth-order valence-electron chi connectivity index (χ4n) is 1.71. The van der Waals surface area contributed by atoms with Crippen LogP contribution in [0.4, 0.5) is 0 Å². The van der Waals surface area contributed by atoms with Gasteiger partial charge in [-0.1, -0.05) is 13.8 Å². The van der Waals surface area contributed by atoms with E-state index >= 15 is 0 Å². The Morgan fingerprint density at radius 1 is 1.50 bits per heavy atom. The van der Waals surface area contributed by atoms with Gasteiger partial charge in [0.2, 0.25) is 0 Å².